The van der Waals surface area contributed by atoms with Crippen LogP contribution in [0.4, 0.5) is 5.69 Å². The number of rotatable bonds is 3. The van der Waals surface area contributed by atoms with E-state index in [9.17, 15) is 4.79 Å². The van der Waals surface area contributed by atoms with Crippen LogP contribution in [0.5, 0.6) is 5.75 Å². The zero-order valence-electron chi connectivity index (χ0n) is 13.9. The Kier molecular flexibility index (Phi) is 3.89. The summed E-state index contributed by atoms with van der Waals surface area (Å²) in [6.07, 6.45) is 2.51. The molecule has 2 heterocycles. The molecule has 2 unspecified atom stereocenters. The number of anilines is 1. The SMILES string of the molecule is COc1ccc2c(c1)C(N1CCCC1=O)CC(c1ccccc1)N2. The molecule has 24 heavy (non-hydrogen) atoms. The molecule has 2 atom stereocenters. The molecule has 0 aromatic heterocycles. The molecule has 0 saturated carbocycles. The van der Waals surface area contributed by atoms with Crippen molar-refractivity contribution in [1.82, 2.24) is 4.90 Å². The van der Waals surface area contributed by atoms with Gasteiger partial charge in [0.2, 0.25) is 5.91 Å². The summed E-state index contributed by atoms with van der Waals surface area (Å²) in [5.74, 6) is 1.10. The van der Waals surface area contributed by atoms with E-state index in [1.807, 2.05) is 12.1 Å². The molecule has 2 aromatic rings. The Balaban J connectivity index is 1.74. The van der Waals surface area contributed by atoms with Gasteiger partial charge in [0.25, 0.3) is 0 Å². The molecule has 1 amide bonds. The highest BCUT2D eigenvalue weighted by atomic mass is 16.5. The Labute approximate surface area is 142 Å². The number of likely N-dealkylation sites (tertiary alicyclic amines) is 1. The number of methoxy groups -OCH3 is 1. The minimum Gasteiger partial charge on any atom is -0.497 e. The van der Waals surface area contributed by atoms with Crippen LogP contribution in [0.3, 0.4) is 0 Å². The first-order valence-corrected chi connectivity index (χ1v) is 8.55. The maximum Gasteiger partial charge on any atom is 0.223 e. The lowest BCUT2D eigenvalue weighted by atomic mass is 9.88. The first kappa shape index (κ1) is 15.1. The summed E-state index contributed by atoms with van der Waals surface area (Å²) < 4.78 is 5.40. The Bertz CT molecular complexity index is 745. The molecule has 2 aliphatic heterocycles. The zero-order valence-corrected chi connectivity index (χ0v) is 13.9. The van der Waals surface area contributed by atoms with Crippen LogP contribution in [0.25, 0.3) is 0 Å². The van der Waals surface area contributed by atoms with Crippen molar-refractivity contribution in [2.45, 2.75) is 31.3 Å². The summed E-state index contributed by atoms with van der Waals surface area (Å²) in [6.45, 7) is 0.849. The number of nitrogens with zero attached hydrogens (tertiary/aromatic N) is 1. The molecule has 4 nitrogen and oxygen atoms in total. The second-order valence-corrected chi connectivity index (χ2v) is 6.50. The number of carbonyl (C=O) groups excluding carboxylic acids is 1. The Morgan fingerprint density at radius 2 is 2.00 bits per heavy atom. The Hall–Kier alpha value is -2.49. The molecular weight excluding hydrogens is 300 g/mol. The minimum atomic E-state index is 0.108. The molecule has 1 N–H and O–H groups in total. The third kappa shape index (κ3) is 2.62. The molecule has 0 radical (unpaired) electrons. The second-order valence-electron chi connectivity index (χ2n) is 6.50. The van der Waals surface area contributed by atoms with Gasteiger partial charge >= 0.3 is 0 Å². The van der Waals surface area contributed by atoms with Crippen molar-refractivity contribution in [3.05, 3.63) is 59.7 Å². The maximum atomic E-state index is 12.4. The number of benzene rings is 2. The fourth-order valence-corrected chi connectivity index (χ4v) is 3.87. The minimum absolute atomic E-state index is 0.108. The van der Waals surface area contributed by atoms with E-state index in [4.69, 9.17) is 4.74 Å². The topological polar surface area (TPSA) is 41.6 Å². The predicted molar refractivity (Wildman–Crippen MR) is 94.1 cm³/mol. The van der Waals surface area contributed by atoms with Gasteiger partial charge in [-0.15, -0.1) is 0 Å². The van der Waals surface area contributed by atoms with Crippen LogP contribution in [-0.4, -0.2) is 24.5 Å². The van der Waals surface area contributed by atoms with E-state index in [-0.39, 0.29) is 18.0 Å². The van der Waals surface area contributed by atoms with Crippen molar-refractivity contribution in [3.63, 3.8) is 0 Å². The fourth-order valence-electron chi connectivity index (χ4n) is 3.87. The molecule has 2 aromatic carbocycles. The summed E-state index contributed by atoms with van der Waals surface area (Å²) in [4.78, 5) is 14.4. The molecule has 0 bridgehead atoms. The number of fused-ring (bicyclic) bond motifs is 1. The second kappa shape index (κ2) is 6.19. The summed E-state index contributed by atoms with van der Waals surface area (Å²) in [5.41, 5.74) is 3.52. The molecule has 1 fully saturated rings. The average Bonchev–Trinajstić information content (AvgIpc) is 3.07. The number of amides is 1. The van der Waals surface area contributed by atoms with Gasteiger partial charge in [-0.1, -0.05) is 30.3 Å². The van der Waals surface area contributed by atoms with Gasteiger partial charge in [-0.2, -0.15) is 0 Å². The first-order valence-electron chi connectivity index (χ1n) is 8.55. The van der Waals surface area contributed by atoms with Crippen LogP contribution >= 0.6 is 0 Å². The molecule has 4 heteroatoms. The third-order valence-electron chi connectivity index (χ3n) is 5.09. The van der Waals surface area contributed by atoms with Crippen molar-refractivity contribution in [2.24, 2.45) is 0 Å². The lowest BCUT2D eigenvalue weighted by Crippen LogP contribution is -2.35. The van der Waals surface area contributed by atoms with Gasteiger partial charge in [0.15, 0.2) is 0 Å². The van der Waals surface area contributed by atoms with E-state index in [0.717, 1.165) is 36.4 Å². The lowest BCUT2D eigenvalue weighted by Gasteiger charge is -2.38. The van der Waals surface area contributed by atoms with Gasteiger partial charge in [-0.25, -0.2) is 0 Å². The van der Waals surface area contributed by atoms with Gasteiger partial charge in [-0.3, -0.25) is 4.79 Å². The van der Waals surface area contributed by atoms with Gasteiger partial charge in [0.1, 0.15) is 5.75 Å². The van der Waals surface area contributed by atoms with Crippen molar-refractivity contribution in [2.75, 3.05) is 19.0 Å². The molecule has 124 valence electrons. The van der Waals surface area contributed by atoms with E-state index < -0.39 is 0 Å². The Morgan fingerprint density at radius 1 is 1.17 bits per heavy atom. The highest BCUT2D eigenvalue weighted by Crippen LogP contribution is 2.44. The standard InChI is InChI=1S/C20H22N2O2/c1-24-15-9-10-17-16(12-15)19(22-11-5-8-20(22)23)13-18(21-17)14-6-3-2-4-7-14/h2-4,6-7,9-10,12,18-19,21H,5,8,11,13H2,1H3. The van der Waals surface area contributed by atoms with E-state index in [0.29, 0.717) is 6.42 Å². The number of carbonyl (C=O) groups is 1. The van der Waals surface area contributed by atoms with Crippen molar-refractivity contribution in [3.8, 4) is 5.75 Å². The Morgan fingerprint density at radius 3 is 2.71 bits per heavy atom. The lowest BCUT2D eigenvalue weighted by molar-refractivity contribution is -0.130. The molecular formula is C20H22N2O2. The summed E-state index contributed by atoms with van der Waals surface area (Å²) in [6, 6.07) is 16.9. The largest absolute Gasteiger partial charge is 0.497 e. The fraction of sp³-hybridized carbons (Fsp3) is 0.350. The summed E-state index contributed by atoms with van der Waals surface area (Å²) in [5, 5.41) is 3.64. The van der Waals surface area contributed by atoms with Gasteiger partial charge in [-0.05, 0) is 36.6 Å². The summed E-state index contributed by atoms with van der Waals surface area (Å²) in [7, 11) is 1.68. The normalized spacial score (nSPS) is 22.9. The predicted octanol–water partition coefficient (Wildman–Crippen LogP) is 3.92. The zero-order chi connectivity index (χ0) is 16.5. The van der Waals surface area contributed by atoms with E-state index >= 15 is 0 Å². The van der Waals surface area contributed by atoms with Crippen LogP contribution in [0.15, 0.2) is 48.5 Å². The third-order valence-corrected chi connectivity index (χ3v) is 5.09. The van der Waals surface area contributed by atoms with Gasteiger partial charge < -0.3 is 15.0 Å². The molecule has 2 aliphatic rings. The number of hydrogen-bond acceptors (Lipinski definition) is 3. The number of nitrogens with one attached hydrogen (secondary N) is 1. The van der Waals surface area contributed by atoms with Crippen LogP contribution < -0.4 is 10.1 Å². The highest BCUT2D eigenvalue weighted by Gasteiger charge is 2.35. The first-order chi connectivity index (χ1) is 11.8. The monoisotopic (exact) mass is 322 g/mol. The smallest absolute Gasteiger partial charge is 0.223 e. The molecule has 0 spiro atoms. The van der Waals surface area contributed by atoms with Crippen LogP contribution in [0.2, 0.25) is 0 Å². The van der Waals surface area contributed by atoms with E-state index in [1.165, 1.54) is 5.56 Å². The molecule has 1 saturated heterocycles. The van der Waals surface area contributed by atoms with Crippen LogP contribution in [0, 0.1) is 0 Å². The van der Waals surface area contributed by atoms with E-state index in [1.54, 1.807) is 7.11 Å². The van der Waals surface area contributed by atoms with Crippen molar-refractivity contribution in [1.29, 1.82) is 0 Å². The molecule has 4 rings (SSSR count). The number of ether oxygens (including phenoxy) is 1. The summed E-state index contributed by atoms with van der Waals surface area (Å²) >= 11 is 0. The van der Waals surface area contributed by atoms with Crippen LogP contribution in [0.1, 0.15) is 42.5 Å². The molecule has 0 aliphatic carbocycles. The van der Waals surface area contributed by atoms with Crippen LogP contribution in [-0.2, 0) is 4.79 Å². The van der Waals surface area contributed by atoms with Crippen molar-refractivity contribution >= 4 is 11.6 Å². The van der Waals surface area contributed by atoms with Gasteiger partial charge in [0.05, 0.1) is 19.2 Å². The van der Waals surface area contributed by atoms with E-state index in [2.05, 4.69) is 46.6 Å². The van der Waals surface area contributed by atoms with Crippen molar-refractivity contribution < 1.29 is 9.53 Å². The van der Waals surface area contributed by atoms with Gasteiger partial charge in [0, 0.05) is 24.2 Å². The maximum absolute atomic E-state index is 12.4. The average molecular weight is 322 g/mol. The quantitative estimate of drug-likeness (QED) is 0.931. The number of hydrogen-bond donors (Lipinski definition) is 1. The highest BCUT2D eigenvalue weighted by molar-refractivity contribution is 5.79.